The molecule has 10 nitrogen and oxygen atoms in total. The van der Waals surface area contributed by atoms with E-state index in [2.05, 4.69) is 63.3 Å². The van der Waals surface area contributed by atoms with Gasteiger partial charge in [0.15, 0.2) is 23.0 Å². The van der Waals surface area contributed by atoms with Crippen LogP contribution in [-0.2, 0) is 19.6 Å². The number of halogens is 4. The maximum atomic E-state index is 5.68. The molecular weight excluding hydrogens is 798 g/mol. The first-order valence-electron chi connectivity index (χ1n) is 17.5. The van der Waals surface area contributed by atoms with Crippen LogP contribution in [0.1, 0.15) is 29.5 Å². The number of hydrogen-bond acceptors (Lipinski definition) is 10. The summed E-state index contributed by atoms with van der Waals surface area (Å²) in [6.45, 7) is 4.42. The monoisotopic (exact) mass is 848 g/mol. The number of ether oxygens (including phenoxy) is 6. The van der Waals surface area contributed by atoms with Gasteiger partial charge in [0, 0.05) is 49.2 Å². The van der Waals surface area contributed by atoms with Crippen molar-refractivity contribution in [1.29, 1.82) is 0 Å². The van der Waals surface area contributed by atoms with Crippen LogP contribution in [0, 0.1) is 0 Å². The Hall–Kier alpha value is -4.16. The lowest BCUT2D eigenvalue weighted by Gasteiger charge is -2.39. The summed E-state index contributed by atoms with van der Waals surface area (Å²) in [6, 6.07) is 27.4. The molecule has 3 aromatic carbocycles. The fourth-order valence-corrected chi connectivity index (χ4v) is 7.06. The molecule has 0 saturated carbocycles. The van der Waals surface area contributed by atoms with E-state index in [1.54, 1.807) is 42.7 Å². The average molecular weight is 851 g/mol. The van der Waals surface area contributed by atoms with Crippen LogP contribution in [0.5, 0.6) is 34.5 Å². The number of aromatic nitrogens is 2. The van der Waals surface area contributed by atoms with Gasteiger partial charge in [0.05, 0.1) is 54.0 Å². The first-order valence-corrected chi connectivity index (χ1v) is 17.5. The van der Waals surface area contributed by atoms with E-state index in [0.29, 0.717) is 40.5 Å². The summed E-state index contributed by atoms with van der Waals surface area (Å²) in [5.41, 5.74) is 7.24. The summed E-state index contributed by atoms with van der Waals surface area (Å²) in [5.74, 6) is 3.54. The predicted octanol–water partition coefficient (Wildman–Crippen LogP) is 9.22. The number of methoxy groups -OCH3 is 6. The number of pyridine rings is 2. The van der Waals surface area contributed by atoms with Crippen LogP contribution in [0.25, 0.3) is 22.5 Å². The molecule has 0 N–H and O–H groups in total. The van der Waals surface area contributed by atoms with Gasteiger partial charge in [-0.15, -0.1) is 49.6 Å². The van der Waals surface area contributed by atoms with E-state index in [0.717, 1.165) is 73.6 Å². The fourth-order valence-electron chi connectivity index (χ4n) is 7.06. The van der Waals surface area contributed by atoms with Crippen molar-refractivity contribution in [3.8, 4) is 57.0 Å². The molecule has 14 heteroatoms. The van der Waals surface area contributed by atoms with E-state index in [1.807, 2.05) is 42.7 Å². The van der Waals surface area contributed by atoms with Crippen molar-refractivity contribution in [2.75, 3.05) is 55.7 Å². The molecule has 0 spiro atoms. The Morgan fingerprint density at radius 3 is 1.66 bits per heavy atom. The van der Waals surface area contributed by atoms with Gasteiger partial charge in [-0.05, 0) is 85.1 Å². The average Bonchev–Trinajstić information content (AvgIpc) is 3.20. The molecule has 6 rings (SSSR count). The third-order valence-electron chi connectivity index (χ3n) is 9.70. The van der Waals surface area contributed by atoms with Gasteiger partial charge in [0.1, 0.15) is 0 Å². The van der Waals surface area contributed by atoms with Gasteiger partial charge < -0.3 is 28.4 Å². The Morgan fingerprint density at radius 1 is 0.571 bits per heavy atom. The van der Waals surface area contributed by atoms with E-state index in [1.165, 1.54) is 11.1 Å². The van der Waals surface area contributed by atoms with Crippen molar-refractivity contribution in [3.05, 3.63) is 108 Å². The van der Waals surface area contributed by atoms with Crippen LogP contribution in [0.4, 0.5) is 0 Å². The molecule has 0 amide bonds. The molecular formula is C42H52Cl4N4O6. The zero-order valence-corrected chi connectivity index (χ0v) is 35.8. The molecule has 2 aromatic heterocycles. The van der Waals surface area contributed by atoms with E-state index in [4.69, 9.17) is 33.4 Å². The molecule has 1 fully saturated rings. The number of likely N-dealkylation sites (tertiary alicyclic amines) is 1. The van der Waals surface area contributed by atoms with Crippen LogP contribution < -0.4 is 28.4 Å². The molecule has 0 bridgehead atoms. The van der Waals surface area contributed by atoms with Gasteiger partial charge in [-0.1, -0.05) is 36.4 Å². The van der Waals surface area contributed by atoms with E-state index in [9.17, 15) is 0 Å². The standard InChI is InChI=1S/C42H48N4O6.4ClH/c1-47-36-22-32(23-37(48-2)41(36)51-5)35-21-30(14-18-43-35)26-45-19-15-34(16-20-45)46(27-29-11-8-7-9-12-29)28-31-13-10-17-44-40(31)33-24-38(49-3)42(52-6)39(25-33)50-4;;;;/h7-14,17-18,21-25,34H,15-16,19-20,26-28H2,1-6H3;4*1H. The molecule has 0 aliphatic carbocycles. The third-order valence-corrected chi connectivity index (χ3v) is 9.70. The second-order valence-electron chi connectivity index (χ2n) is 12.8. The molecule has 0 unspecified atom stereocenters. The Balaban J connectivity index is 0.00000271. The Kier molecular flexibility index (Phi) is 19.8. The van der Waals surface area contributed by atoms with Gasteiger partial charge in [0.2, 0.25) is 11.5 Å². The summed E-state index contributed by atoms with van der Waals surface area (Å²) in [4.78, 5) is 14.7. The largest absolute Gasteiger partial charge is 0.493 e. The van der Waals surface area contributed by atoms with Gasteiger partial charge in [0.25, 0.3) is 0 Å². The van der Waals surface area contributed by atoms with Crippen molar-refractivity contribution in [2.24, 2.45) is 0 Å². The van der Waals surface area contributed by atoms with Gasteiger partial charge in [-0.2, -0.15) is 0 Å². The van der Waals surface area contributed by atoms with Crippen LogP contribution in [0.3, 0.4) is 0 Å². The summed E-state index contributed by atoms with van der Waals surface area (Å²) < 4.78 is 33.6. The molecule has 0 radical (unpaired) electrons. The van der Waals surface area contributed by atoms with E-state index >= 15 is 0 Å². The third kappa shape index (κ3) is 11.2. The lowest BCUT2D eigenvalue weighted by atomic mass is 9.99. The number of nitrogens with zero attached hydrogens (tertiary/aromatic N) is 4. The summed E-state index contributed by atoms with van der Waals surface area (Å²) in [5, 5.41) is 0. The first-order chi connectivity index (χ1) is 25.5. The van der Waals surface area contributed by atoms with Gasteiger partial charge in [-0.3, -0.25) is 19.8 Å². The van der Waals surface area contributed by atoms with Crippen molar-refractivity contribution >= 4 is 49.6 Å². The molecule has 304 valence electrons. The summed E-state index contributed by atoms with van der Waals surface area (Å²) in [7, 11) is 9.75. The van der Waals surface area contributed by atoms with Crippen LogP contribution in [0.15, 0.2) is 91.3 Å². The molecule has 1 saturated heterocycles. The molecule has 56 heavy (non-hydrogen) atoms. The fraction of sp³-hybridized carbons (Fsp3) is 0.333. The summed E-state index contributed by atoms with van der Waals surface area (Å²) in [6.07, 6.45) is 5.82. The maximum absolute atomic E-state index is 5.68. The molecule has 0 atom stereocenters. The van der Waals surface area contributed by atoms with Crippen LogP contribution in [-0.4, -0.2) is 81.6 Å². The predicted molar refractivity (Wildman–Crippen MR) is 232 cm³/mol. The van der Waals surface area contributed by atoms with Gasteiger partial charge in [-0.25, -0.2) is 0 Å². The molecule has 5 aromatic rings. The molecule has 1 aliphatic heterocycles. The lowest BCUT2D eigenvalue weighted by Crippen LogP contribution is -2.44. The number of hydrogen-bond donors (Lipinski definition) is 0. The highest BCUT2D eigenvalue weighted by molar-refractivity contribution is 5.86. The highest BCUT2D eigenvalue weighted by atomic mass is 35.5. The SMILES string of the molecule is COc1cc(-c2cc(CN3CCC(N(Cc4ccccc4)Cc4cccnc4-c4cc(OC)c(OC)c(OC)c4)CC3)ccn2)cc(OC)c1OC.Cl.Cl.Cl.Cl. The Morgan fingerprint density at radius 2 is 1.12 bits per heavy atom. The van der Waals surface area contributed by atoms with Crippen LogP contribution in [0.2, 0.25) is 0 Å². The Labute approximate surface area is 355 Å². The van der Waals surface area contributed by atoms with Crippen molar-refractivity contribution in [2.45, 2.75) is 38.5 Å². The minimum Gasteiger partial charge on any atom is -0.493 e. The van der Waals surface area contributed by atoms with Crippen molar-refractivity contribution in [1.82, 2.24) is 19.8 Å². The van der Waals surface area contributed by atoms with E-state index in [-0.39, 0.29) is 49.6 Å². The quantitative estimate of drug-likeness (QED) is 0.102. The zero-order chi connectivity index (χ0) is 36.5. The second-order valence-corrected chi connectivity index (χ2v) is 12.8. The Bertz CT molecular complexity index is 1900. The normalized spacial score (nSPS) is 12.6. The van der Waals surface area contributed by atoms with Crippen LogP contribution >= 0.6 is 49.6 Å². The number of rotatable bonds is 15. The van der Waals surface area contributed by atoms with Crippen molar-refractivity contribution < 1.29 is 28.4 Å². The van der Waals surface area contributed by atoms with Crippen molar-refractivity contribution in [3.63, 3.8) is 0 Å². The lowest BCUT2D eigenvalue weighted by molar-refractivity contribution is 0.0933. The molecule has 1 aliphatic rings. The minimum atomic E-state index is 0. The molecule has 3 heterocycles. The second kappa shape index (κ2) is 23.2. The highest BCUT2D eigenvalue weighted by Crippen LogP contribution is 2.42. The van der Waals surface area contributed by atoms with Gasteiger partial charge >= 0.3 is 0 Å². The summed E-state index contributed by atoms with van der Waals surface area (Å²) >= 11 is 0. The minimum absolute atomic E-state index is 0. The van der Waals surface area contributed by atoms with E-state index < -0.39 is 0 Å². The number of benzene rings is 3. The number of piperidine rings is 1. The maximum Gasteiger partial charge on any atom is 0.203 e. The zero-order valence-electron chi connectivity index (χ0n) is 32.6. The smallest absolute Gasteiger partial charge is 0.203 e. The first kappa shape index (κ1) is 48.0. The highest BCUT2D eigenvalue weighted by Gasteiger charge is 2.27. The topological polar surface area (TPSA) is 87.6 Å².